The van der Waals surface area contributed by atoms with E-state index in [4.69, 9.17) is 5.73 Å². The third-order valence-electron chi connectivity index (χ3n) is 5.90. The standard InChI is InChI=1S/C23H32F3N5O2/c1-13-11-16(29-22(2,3)4)9-10-18(13)31-12-17(20(27)33)21(30-31)28-15-7-5-14(6-8-15)19(32)23(24,25)26/h5-8,12-13,16,18-19,29,32H,9-11H2,1-4H3,(H2,27,33)(H,28,30)/t13-,16+,18-,19-/m0/s1. The smallest absolute Gasteiger partial charge is 0.379 e. The maximum absolute atomic E-state index is 12.7. The summed E-state index contributed by atoms with van der Waals surface area (Å²) in [6.45, 7) is 8.59. The zero-order chi connectivity index (χ0) is 24.6. The molecule has 2 aromatic rings. The molecule has 3 rings (SSSR count). The number of alkyl halides is 3. The number of carbonyl (C=O) groups is 1. The monoisotopic (exact) mass is 467 g/mol. The van der Waals surface area contributed by atoms with Gasteiger partial charge in [-0.1, -0.05) is 19.1 Å². The minimum Gasteiger partial charge on any atom is -0.379 e. The zero-order valence-electron chi connectivity index (χ0n) is 19.3. The maximum Gasteiger partial charge on any atom is 0.418 e. The Balaban J connectivity index is 1.76. The molecule has 0 aliphatic heterocycles. The molecule has 0 bridgehead atoms. The van der Waals surface area contributed by atoms with Crippen LogP contribution in [0.5, 0.6) is 0 Å². The number of hydrogen-bond acceptors (Lipinski definition) is 5. The number of rotatable bonds is 6. The Morgan fingerprint density at radius 1 is 1.21 bits per heavy atom. The molecule has 33 heavy (non-hydrogen) atoms. The first-order valence-corrected chi connectivity index (χ1v) is 11.0. The van der Waals surface area contributed by atoms with Crippen LogP contribution in [0.4, 0.5) is 24.7 Å². The van der Waals surface area contributed by atoms with Crippen molar-refractivity contribution in [2.45, 2.75) is 76.9 Å². The predicted molar refractivity (Wildman–Crippen MR) is 120 cm³/mol. The van der Waals surface area contributed by atoms with Crippen molar-refractivity contribution in [3.8, 4) is 0 Å². The van der Waals surface area contributed by atoms with Crippen LogP contribution in [-0.2, 0) is 0 Å². The van der Waals surface area contributed by atoms with Gasteiger partial charge in [0.05, 0.1) is 6.04 Å². The molecule has 0 radical (unpaired) electrons. The first kappa shape index (κ1) is 25.0. The van der Waals surface area contributed by atoms with E-state index in [-0.39, 0.29) is 28.5 Å². The van der Waals surface area contributed by atoms with Gasteiger partial charge in [-0.05, 0) is 63.6 Å². The van der Waals surface area contributed by atoms with Gasteiger partial charge in [-0.15, -0.1) is 0 Å². The van der Waals surface area contributed by atoms with E-state index in [0.717, 1.165) is 19.3 Å². The number of aromatic nitrogens is 2. The summed E-state index contributed by atoms with van der Waals surface area (Å²) in [4.78, 5) is 12.0. The Labute approximate surface area is 191 Å². The van der Waals surface area contributed by atoms with Gasteiger partial charge >= 0.3 is 6.18 Å². The summed E-state index contributed by atoms with van der Waals surface area (Å²) in [6, 6.07) is 5.63. The molecular weight excluding hydrogens is 435 g/mol. The maximum atomic E-state index is 12.7. The lowest BCUT2D eigenvalue weighted by Crippen LogP contribution is -2.47. The van der Waals surface area contributed by atoms with Crippen molar-refractivity contribution in [2.24, 2.45) is 11.7 Å². The van der Waals surface area contributed by atoms with Crippen LogP contribution in [0, 0.1) is 5.92 Å². The second kappa shape index (κ2) is 9.34. The predicted octanol–water partition coefficient (Wildman–Crippen LogP) is 4.44. The van der Waals surface area contributed by atoms with E-state index in [1.165, 1.54) is 24.3 Å². The Bertz CT molecular complexity index is 966. The lowest BCUT2D eigenvalue weighted by atomic mass is 9.82. The Morgan fingerprint density at radius 2 is 1.85 bits per heavy atom. The van der Waals surface area contributed by atoms with Crippen molar-refractivity contribution in [3.63, 3.8) is 0 Å². The lowest BCUT2D eigenvalue weighted by molar-refractivity contribution is -0.206. The molecule has 1 aromatic heterocycles. The molecule has 5 N–H and O–H groups in total. The number of aliphatic hydroxyl groups excluding tert-OH is 1. The summed E-state index contributed by atoms with van der Waals surface area (Å²) < 4.78 is 39.9. The molecule has 4 atom stereocenters. The number of anilines is 2. The topological polar surface area (TPSA) is 105 Å². The average Bonchev–Trinajstić information content (AvgIpc) is 3.10. The molecule has 1 heterocycles. The third-order valence-corrected chi connectivity index (χ3v) is 5.90. The van der Waals surface area contributed by atoms with E-state index in [0.29, 0.717) is 17.6 Å². The number of nitrogens with zero attached hydrogens (tertiary/aromatic N) is 2. The van der Waals surface area contributed by atoms with Crippen LogP contribution in [-0.4, -0.2) is 38.6 Å². The largest absolute Gasteiger partial charge is 0.418 e. The highest BCUT2D eigenvalue weighted by atomic mass is 19.4. The first-order valence-electron chi connectivity index (χ1n) is 11.0. The summed E-state index contributed by atoms with van der Waals surface area (Å²) in [7, 11) is 0. The molecule has 1 saturated carbocycles. The molecule has 1 amide bonds. The second-order valence-corrected chi connectivity index (χ2v) is 9.88. The molecule has 182 valence electrons. The van der Waals surface area contributed by atoms with Crippen LogP contribution in [0.15, 0.2) is 30.5 Å². The molecule has 0 spiro atoms. The summed E-state index contributed by atoms with van der Waals surface area (Å²) in [5.74, 6) is -0.0902. The van der Waals surface area contributed by atoms with Gasteiger partial charge in [0.1, 0.15) is 5.56 Å². The first-order chi connectivity index (χ1) is 15.2. The highest BCUT2D eigenvalue weighted by Gasteiger charge is 2.39. The number of aliphatic hydroxyl groups is 1. The number of amides is 1. The molecule has 1 aromatic carbocycles. The minimum atomic E-state index is -4.75. The Kier molecular flexibility index (Phi) is 7.09. The zero-order valence-corrected chi connectivity index (χ0v) is 19.3. The van der Waals surface area contributed by atoms with E-state index in [9.17, 15) is 23.1 Å². The number of halogens is 3. The van der Waals surface area contributed by atoms with Crippen LogP contribution in [0.25, 0.3) is 0 Å². The highest BCUT2D eigenvalue weighted by molar-refractivity contribution is 5.98. The van der Waals surface area contributed by atoms with Crippen LogP contribution < -0.4 is 16.4 Å². The number of carbonyl (C=O) groups excluding carboxylic acids is 1. The molecule has 0 unspecified atom stereocenters. The van der Waals surface area contributed by atoms with Crippen LogP contribution in [0.2, 0.25) is 0 Å². The van der Waals surface area contributed by atoms with Crippen molar-refractivity contribution < 1.29 is 23.1 Å². The van der Waals surface area contributed by atoms with Gasteiger partial charge in [0.25, 0.3) is 5.91 Å². The second-order valence-electron chi connectivity index (χ2n) is 9.88. The molecular formula is C23H32F3N5O2. The molecule has 1 fully saturated rings. The van der Waals surface area contributed by atoms with Crippen molar-refractivity contribution in [2.75, 3.05) is 5.32 Å². The van der Waals surface area contributed by atoms with Gasteiger partial charge in [0.2, 0.25) is 0 Å². The van der Waals surface area contributed by atoms with Crippen LogP contribution in [0.3, 0.4) is 0 Å². The van der Waals surface area contributed by atoms with E-state index in [1.54, 1.807) is 10.9 Å². The summed E-state index contributed by atoms with van der Waals surface area (Å²) in [6.07, 6.45) is -2.84. The SMILES string of the molecule is C[C@H]1C[C@H](NC(C)(C)C)CC[C@@H]1n1cc(C(N)=O)c(Nc2ccc([C@H](O)C(F)(F)F)cc2)n1. The van der Waals surface area contributed by atoms with Gasteiger partial charge in [0.15, 0.2) is 11.9 Å². The number of nitrogens with two attached hydrogens (primary N) is 1. The molecule has 1 aliphatic rings. The fraction of sp³-hybridized carbons (Fsp3) is 0.565. The fourth-order valence-electron chi connectivity index (χ4n) is 4.43. The summed E-state index contributed by atoms with van der Waals surface area (Å²) >= 11 is 0. The van der Waals surface area contributed by atoms with Crippen molar-refractivity contribution >= 4 is 17.4 Å². The molecule has 7 nitrogen and oxygen atoms in total. The van der Waals surface area contributed by atoms with E-state index < -0.39 is 18.2 Å². The Hall–Kier alpha value is -2.59. The van der Waals surface area contributed by atoms with E-state index in [1.807, 2.05) is 0 Å². The lowest BCUT2D eigenvalue weighted by Gasteiger charge is -2.38. The number of benzene rings is 1. The van der Waals surface area contributed by atoms with E-state index in [2.05, 4.69) is 43.4 Å². The van der Waals surface area contributed by atoms with E-state index >= 15 is 0 Å². The average molecular weight is 468 g/mol. The summed E-state index contributed by atoms with van der Waals surface area (Å²) in [5.41, 5.74) is 5.93. The molecule has 1 aliphatic carbocycles. The Morgan fingerprint density at radius 3 is 2.36 bits per heavy atom. The fourth-order valence-corrected chi connectivity index (χ4v) is 4.43. The van der Waals surface area contributed by atoms with Crippen LogP contribution in [0.1, 0.15) is 75.0 Å². The van der Waals surface area contributed by atoms with Crippen molar-refractivity contribution in [3.05, 3.63) is 41.6 Å². The van der Waals surface area contributed by atoms with Crippen molar-refractivity contribution in [1.82, 2.24) is 15.1 Å². The third kappa shape index (κ3) is 6.26. The quantitative estimate of drug-likeness (QED) is 0.503. The number of hydrogen-bond donors (Lipinski definition) is 4. The van der Waals surface area contributed by atoms with Gasteiger partial charge in [-0.25, -0.2) is 0 Å². The van der Waals surface area contributed by atoms with Gasteiger partial charge in [-0.2, -0.15) is 18.3 Å². The number of primary amides is 1. The number of nitrogens with one attached hydrogen (secondary N) is 2. The van der Waals surface area contributed by atoms with Gasteiger partial charge in [0, 0.05) is 23.5 Å². The molecule has 10 heteroatoms. The van der Waals surface area contributed by atoms with Crippen LogP contribution >= 0.6 is 0 Å². The molecule has 0 saturated heterocycles. The normalized spacial score (nSPS) is 22.7. The van der Waals surface area contributed by atoms with Gasteiger partial charge < -0.3 is 21.5 Å². The van der Waals surface area contributed by atoms with Crippen molar-refractivity contribution in [1.29, 1.82) is 0 Å². The minimum absolute atomic E-state index is 0.0326. The highest BCUT2D eigenvalue weighted by Crippen LogP contribution is 2.36. The van der Waals surface area contributed by atoms with Gasteiger partial charge in [-0.3, -0.25) is 9.48 Å². The summed E-state index contributed by atoms with van der Waals surface area (Å²) in [5, 5.41) is 20.5.